The molecule has 1 N–H and O–H groups in total. The molecule has 1 fully saturated rings. The first-order valence-electron chi connectivity index (χ1n) is 7.89. The van der Waals surface area contributed by atoms with Crippen molar-refractivity contribution in [2.75, 3.05) is 13.2 Å². The Morgan fingerprint density at radius 1 is 1.43 bits per heavy atom. The zero-order chi connectivity index (χ0) is 16.3. The van der Waals surface area contributed by atoms with Gasteiger partial charge in [0.25, 0.3) is 0 Å². The summed E-state index contributed by atoms with van der Waals surface area (Å²) in [6.45, 7) is 12.1. The minimum atomic E-state index is -0.672. The SMILES string of the molecule is CCC[C@H](CCO)[C@@H]1COC(C)(C)N1C(=O)OC(C)(C)C. The smallest absolute Gasteiger partial charge is 0.412 e. The van der Waals surface area contributed by atoms with E-state index in [9.17, 15) is 9.90 Å². The van der Waals surface area contributed by atoms with Crippen LogP contribution in [0.3, 0.4) is 0 Å². The largest absolute Gasteiger partial charge is 0.444 e. The molecule has 0 aromatic carbocycles. The van der Waals surface area contributed by atoms with Crippen LogP contribution in [0.5, 0.6) is 0 Å². The van der Waals surface area contributed by atoms with Crippen molar-refractivity contribution in [3.8, 4) is 0 Å². The van der Waals surface area contributed by atoms with Gasteiger partial charge in [0.2, 0.25) is 0 Å². The number of ether oxygens (including phenoxy) is 2. The van der Waals surface area contributed by atoms with Crippen LogP contribution in [0, 0.1) is 5.92 Å². The number of hydrogen-bond acceptors (Lipinski definition) is 4. The zero-order valence-electron chi connectivity index (χ0n) is 14.3. The van der Waals surface area contributed by atoms with E-state index in [1.54, 1.807) is 4.90 Å². The fourth-order valence-corrected chi connectivity index (χ4v) is 2.91. The van der Waals surface area contributed by atoms with Crippen molar-refractivity contribution in [2.24, 2.45) is 5.92 Å². The van der Waals surface area contributed by atoms with Crippen LogP contribution in [-0.4, -0.2) is 46.7 Å². The molecule has 5 heteroatoms. The topological polar surface area (TPSA) is 59.0 Å². The first kappa shape index (κ1) is 18.2. The van der Waals surface area contributed by atoms with Crippen molar-refractivity contribution in [2.45, 2.75) is 78.2 Å². The molecule has 1 aliphatic heterocycles. The Kier molecular flexibility index (Phi) is 6.05. The van der Waals surface area contributed by atoms with E-state index < -0.39 is 11.3 Å². The molecule has 1 amide bonds. The second-order valence-corrected chi connectivity index (χ2v) is 7.24. The Morgan fingerprint density at radius 2 is 2.05 bits per heavy atom. The van der Waals surface area contributed by atoms with Crippen LogP contribution in [0.2, 0.25) is 0 Å². The van der Waals surface area contributed by atoms with Gasteiger partial charge in [-0.15, -0.1) is 0 Å². The van der Waals surface area contributed by atoms with Gasteiger partial charge in [0.1, 0.15) is 11.3 Å². The maximum Gasteiger partial charge on any atom is 0.412 e. The summed E-state index contributed by atoms with van der Waals surface area (Å²) in [7, 11) is 0. The lowest BCUT2D eigenvalue weighted by molar-refractivity contribution is -0.0649. The Balaban J connectivity index is 2.94. The molecule has 0 unspecified atom stereocenters. The Hall–Kier alpha value is -0.810. The lowest BCUT2D eigenvalue weighted by atomic mass is 9.91. The zero-order valence-corrected chi connectivity index (χ0v) is 14.3. The number of carbonyl (C=O) groups is 1. The van der Waals surface area contributed by atoms with Gasteiger partial charge in [-0.2, -0.15) is 0 Å². The number of nitrogens with zero attached hydrogens (tertiary/aromatic N) is 1. The second-order valence-electron chi connectivity index (χ2n) is 7.24. The van der Waals surface area contributed by atoms with Gasteiger partial charge in [-0.3, -0.25) is 4.90 Å². The molecule has 0 radical (unpaired) electrons. The molecule has 124 valence electrons. The average Bonchev–Trinajstić information content (AvgIpc) is 2.62. The maximum absolute atomic E-state index is 12.6. The van der Waals surface area contributed by atoms with Crippen molar-refractivity contribution < 1.29 is 19.4 Å². The summed E-state index contributed by atoms with van der Waals surface area (Å²) >= 11 is 0. The summed E-state index contributed by atoms with van der Waals surface area (Å²) in [6, 6.07) is -0.0399. The third kappa shape index (κ3) is 4.85. The summed E-state index contributed by atoms with van der Waals surface area (Å²) in [6.07, 6.45) is 2.32. The monoisotopic (exact) mass is 301 g/mol. The second kappa shape index (κ2) is 6.97. The van der Waals surface area contributed by atoms with E-state index in [2.05, 4.69) is 6.92 Å². The molecule has 0 saturated carbocycles. The van der Waals surface area contributed by atoms with E-state index in [-0.39, 0.29) is 24.7 Å². The minimum Gasteiger partial charge on any atom is -0.444 e. The highest BCUT2D eigenvalue weighted by molar-refractivity contribution is 5.69. The van der Waals surface area contributed by atoms with Gasteiger partial charge in [0.15, 0.2) is 0 Å². The van der Waals surface area contributed by atoms with E-state index in [0.29, 0.717) is 13.0 Å². The highest BCUT2D eigenvalue weighted by atomic mass is 16.6. The molecule has 0 aliphatic carbocycles. The van der Waals surface area contributed by atoms with Crippen LogP contribution >= 0.6 is 0 Å². The van der Waals surface area contributed by atoms with Crippen molar-refractivity contribution in [1.82, 2.24) is 4.90 Å². The number of rotatable bonds is 5. The predicted octanol–water partition coefficient (Wildman–Crippen LogP) is 3.16. The van der Waals surface area contributed by atoms with Gasteiger partial charge in [-0.1, -0.05) is 13.3 Å². The third-order valence-electron chi connectivity index (χ3n) is 3.81. The average molecular weight is 301 g/mol. The fourth-order valence-electron chi connectivity index (χ4n) is 2.91. The van der Waals surface area contributed by atoms with E-state index in [0.717, 1.165) is 12.8 Å². The Bertz CT molecular complexity index is 343. The summed E-state index contributed by atoms with van der Waals surface area (Å²) in [4.78, 5) is 14.3. The number of aliphatic hydroxyl groups is 1. The standard InChI is InChI=1S/C16H31NO4/c1-7-8-12(9-10-18)13-11-20-16(5,6)17(13)14(19)21-15(2,3)4/h12-13,18H,7-11H2,1-6H3/t12-,13+/m1/s1. The summed E-state index contributed by atoms with van der Waals surface area (Å²) in [5.41, 5.74) is -1.20. The summed E-state index contributed by atoms with van der Waals surface area (Å²) < 4.78 is 11.4. The molecule has 0 bridgehead atoms. The number of hydrogen-bond donors (Lipinski definition) is 1. The molecular weight excluding hydrogens is 270 g/mol. The van der Waals surface area contributed by atoms with Gasteiger partial charge in [-0.25, -0.2) is 4.79 Å². The Morgan fingerprint density at radius 3 is 2.52 bits per heavy atom. The molecule has 1 saturated heterocycles. The normalized spacial score (nSPS) is 23.2. The minimum absolute atomic E-state index is 0.0399. The van der Waals surface area contributed by atoms with Crippen molar-refractivity contribution in [3.63, 3.8) is 0 Å². The van der Waals surface area contributed by atoms with Gasteiger partial charge in [0.05, 0.1) is 12.6 Å². The van der Waals surface area contributed by atoms with Crippen molar-refractivity contribution >= 4 is 6.09 Å². The Labute approximate surface area is 128 Å². The summed E-state index contributed by atoms with van der Waals surface area (Å²) in [5.74, 6) is 0.231. The van der Waals surface area contributed by atoms with Crippen molar-refractivity contribution in [1.29, 1.82) is 0 Å². The third-order valence-corrected chi connectivity index (χ3v) is 3.81. The molecule has 1 aliphatic rings. The number of carbonyl (C=O) groups excluding carboxylic acids is 1. The predicted molar refractivity (Wildman–Crippen MR) is 82.0 cm³/mol. The molecule has 5 nitrogen and oxygen atoms in total. The van der Waals surface area contributed by atoms with E-state index in [1.165, 1.54) is 0 Å². The van der Waals surface area contributed by atoms with E-state index in [1.807, 2.05) is 34.6 Å². The first-order valence-corrected chi connectivity index (χ1v) is 7.89. The molecule has 1 heterocycles. The van der Waals surface area contributed by atoms with Crippen LogP contribution in [0.4, 0.5) is 4.79 Å². The maximum atomic E-state index is 12.6. The highest BCUT2D eigenvalue weighted by Crippen LogP contribution is 2.35. The molecular formula is C16H31NO4. The lowest BCUT2D eigenvalue weighted by Crippen LogP contribution is -2.52. The van der Waals surface area contributed by atoms with Crippen LogP contribution < -0.4 is 0 Å². The number of amides is 1. The molecule has 2 atom stereocenters. The number of aliphatic hydroxyl groups excluding tert-OH is 1. The highest BCUT2D eigenvalue weighted by Gasteiger charge is 2.47. The fraction of sp³-hybridized carbons (Fsp3) is 0.938. The quantitative estimate of drug-likeness (QED) is 0.847. The molecule has 0 spiro atoms. The molecule has 21 heavy (non-hydrogen) atoms. The van der Waals surface area contributed by atoms with Gasteiger partial charge in [0, 0.05) is 6.61 Å². The lowest BCUT2D eigenvalue weighted by Gasteiger charge is -2.37. The van der Waals surface area contributed by atoms with Crippen LogP contribution in [0.1, 0.15) is 60.8 Å². The van der Waals surface area contributed by atoms with Crippen LogP contribution in [0.15, 0.2) is 0 Å². The first-order chi connectivity index (χ1) is 9.62. The van der Waals surface area contributed by atoms with Gasteiger partial charge in [-0.05, 0) is 53.4 Å². The van der Waals surface area contributed by atoms with E-state index >= 15 is 0 Å². The molecule has 0 aromatic rings. The molecule has 1 rings (SSSR count). The van der Waals surface area contributed by atoms with Crippen LogP contribution in [-0.2, 0) is 9.47 Å². The van der Waals surface area contributed by atoms with Crippen LogP contribution in [0.25, 0.3) is 0 Å². The van der Waals surface area contributed by atoms with Gasteiger partial charge >= 0.3 is 6.09 Å². The van der Waals surface area contributed by atoms with Gasteiger partial charge < -0.3 is 14.6 Å². The van der Waals surface area contributed by atoms with E-state index in [4.69, 9.17) is 9.47 Å². The molecule has 0 aromatic heterocycles. The van der Waals surface area contributed by atoms with Crippen molar-refractivity contribution in [3.05, 3.63) is 0 Å². The summed E-state index contributed by atoms with van der Waals surface area (Å²) in [5, 5.41) is 9.29.